The standard InChI is InChI=1S/C24H31N7O3S/c25-35(33,34)19-4-2-1-3-17(19)9-29-10-24(11-29)14-31(15-24)22(32)30-12-23(13-30)7-18(8-23)21-26-20(27-28-21)16-5-6-16/h1-4,16,18H,5-15H2,(H2,25,33,34)(H,26,27,28). The Kier molecular flexibility index (Phi) is 4.52. The van der Waals surface area contributed by atoms with Gasteiger partial charge in [-0.2, -0.15) is 0 Å². The third-order valence-corrected chi connectivity index (χ3v) is 9.68. The first-order valence-electron chi connectivity index (χ1n) is 12.5. The molecule has 2 spiro atoms. The molecular formula is C24H31N7O3S. The number of nitrogens with one attached hydrogen (secondary N) is 1. The Bertz CT molecular complexity index is 1280. The topological polar surface area (TPSA) is 129 Å². The summed E-state index contributed by atoms with van der Waals surface area (Å²) < 4.78 is 23.7. The third kappa shape index (κ3) is 3.66. The number of benzene rings is 1. The maximum absolute atomic E-state index is 13.0. The van der Waals surface area contributed by atoms with E-state index in [1.807, 2.05) is 21.9 Å². The maximum atomic E-state index is 13.0. The number of nitrogens with two attached hydrogens (primary N) is 1. The van der Waals surface area contributed by atoms with Crippen molar-refractivity contribution in [3.05, 3.63) is 41.5 Å². The number of rotatable bonds is 5. The van der Waals surface area contributed by atoms with Gasteiger partial charge in [0.2, 0.25) is 10.0 Å². The molecule has 1 aromatic heterocycles. The highest BCUT2D eigenvalue weighted by molar-refractivity contribution is 7.89. The highest BCUT2D eigenvalue weighted by atomic mass is 32.2. The molecule has 1 aromatic carbocycles. The molecule has 2 saturated carbocycles. The number of amides is 2. The first-order chi connectivity index (χ1) is 16.7. The number of sulfonamides is 1. The number of H-pyrrole nitrogens is 1. The van der Waals surface area contributed by atoms with Gasteiger partial charge in [-0.05, 0) is 37.3 Å². The highest BCUT2D eigenvalue weighted by Gasteiger charge is 2.58. The van der Waals surface area contributed by atoms with Gasteiger partial charge in [-0.3, -0.25) is 4.90 Å². The summed E-state index contributed by atoms with van der Waals surface area (Å²) in [5, 5.41) is 14.1. The fourth-order valence-corrected chi connectivity index (χ4v) is 7.58. The van der Waals surface area contributed by atoms with Crippen LogP contribution >= 0.6 is 0 Å². The number of nitrogens with zero attached hydrogens (tertiary/aromatic N) is 5. The van der Waals surface area contributed by atoms with Gasteiger partial charge in [-0.15, -0.1) is 10.2 Å². The van der Waals surface area contributed by atoms with Gasteiger partial charge in [0.1, 0.15) is 11.6 Å². The van der Waals surface area contributed by atoms with Gasteiger partial charge in [0.15, 0.2) is 0 Å². The van der Waals surface area contributed by atoms with Crippen molar-refractivity contribution in [1.82, 2.24) is 29.9 Å². The summed E-state index contributed by atoms with van der Waals surface area (Å²) in [6, 6.07) is 7.08. The van der Waals surface area contributed by atoms with Gasteiger partial charge in [-0.1, -0.05) is 18.2 Å². The highest BCUT2D eigenvalue weighted by Crippen LogP contribution is 2.56. The minimum atomic E-state index is -3.73. The van der Waals surface area contributed by atoms with E-state index in [1.165, 1.54) is 12.8 Å². The van der Waals surface area contributed by atoms with Crippen LogP contribution in [-0.2, 0) is 16.6 Å². The molecule has 0 atom stereocenters. The number of primary sulfonamides is 1. The normalized spacial score (nSPS) is 25.2. The minimum Gasteiger partial charge on any atom is -0.328 e. The van der Waals surface area contributed by atoms with Gasteiger partial charge in [0, 0.05) is 68.5 Å². The first-order valence-corrected chi connectivity index (χ1v) is 14.1. The van der Waals surface area contributed by atoms with Crippen molar-refractivity contribution < 1.29 is 13.2 Å². The summed E-state index contributed by atoms with van der Waals surface area (Å²) in [5.41, 5.74) is 1.16. The smallest absolute Gasteiger partial charge is 0.320 e. The number of aromatic amines is 1. The monoisotopic (exact) mass is 497 g/mol. The Morgan fingerprint density at radius 2 is 1.54 bits per heavy atom. The van der Waals surface area contributed by atoms with E-state index >= 15 is 0 Å². The Balaban J connectivity index is 0.867. The van der Waals surface area contributed by atoms with Crippen LogP contribution in [0.5, 0.6) is 0 Å². The second kappa shape index (κ2) is 7.27. The second-order valence-electron chi connectivity index (χ2n) is 11.8. The molecule has 35 heavy (non-hydrogen) atoms. The molecule has 2 aromatic rings. The third-order valence-electron chi connectivity index (χ3n) is 8.67. The molecule has 5 fully saturated rings. The number of aromatic nitrogens is 3. The molecule has 3 N–H and O–H groups in total. The number of carbonyl (C=O) groups excluding carboxylic acids is 1. The molecule has 2 amide bonds. The van der Waals surface area contributed by atoms with E-state index in [2.05, 4.69) is 20.1 Å². The molecule has 3 aliphatic heterocycles. The average Bonchev–Trinajstić information content (AvgIpc) is 3.44. The van der Waals surface area contributed by atoms with E-state index in [1.54, 1.807) is 12.1 Å². The Morgan fingerprint density at radius 3 is 2.17 bits per heavy atom. The van der Waals surface area contributed by atoms with Gasteiger partial charge < -0.3 is 14.8 Å². The number of likely N-dealkylation sites (tertiary alicyclic amines) is 3. The van der Waals surface area contributed by atoms with E-state index < -0.39 is 10.0 Å². The zero-order chi connectivity index (χ0) is 24.0. The number of carbonyl (C=O) groups is 1. The summed E-state index contributed by atoms with van der Waals surface area (Å²) in [6.45, 7) is 5.59. The van der Waals surface area contributed by atoms with E-state index in [-0.39, 0.29) is 21.8 Å². The number of hydrogen-bond acceptors (Lipinski definition) is 6. The summed E-state index contributed by atoms with van der Waals surface area (Å²) >= 11 is 0. The van der Waals surface area contributed by atoms with Crippen LogP contribution < -0.4 is 5.14 Å². The van der Waals surface area contributed by atoms with Gasteiger partial charge in [0.05, 0.1) is 4.90 Å². The van der Waals surface area contributed by atoms with Gasteiger partial charge in [0.25, 0.3) is 0 Å². The molecular weight excluding hydrogens is 466 g/mol. The van der Waals surface area contributed by atoms with Crippen LogP contribution in [-0.4, -0.2) is 83.6 Å². The number of urea groups is 1. The largest absolute Gasteiger partial charge is 0.328 e. The molecule has 10 nitrogen and oxygen atoms in total. The molecule has 186 valence electrons. The fourth-order valence-electron chi connectivity index (χ4n) is 6.81. The Hall–Kier alpha value is -2.50. The van der Waals surface area contributed by atoms with E-state index in [0.717, 1.165) is 69.3 Å². The van der Waals surface area contributed by atoms with Crippen molar-refractivity contribution >= 4 is 16.1 Å². The summed E-state index contributed by atoms with van der Waals surface area (Å²) in [4.78, 5) is 22.8. The predicted molar refractivity (Wildman–Crippen MR) is 127 cm³/mol. The van der Waals surface area contributed by atoms with E-state index in [0.29, 0.717) is 18.4 Å². The fraction of sp³-hybridized carbons (Fsp3) is 0.625. The van der Waals surface area contributed by atoms with Crippen molar-refractivity contribution in [1.29, 1.82) is 0 Å². The van der Waals surface area contributed by atoms with Crippen molar-refractivity contribution in [2.75, 3.05) is 39.3 Å². The summed E-state index contributed by atoms with van der Waals surface area (Å²) in [7, 11) is -3.73. The average molecular weight is 498 g/mol. The van der Waals surface area contributed by atoms with Crippen molar-refractivity contribution in [2.45, 2.75) is 49.0 Å². The zero-order valence-electron chi connectivity index (χ0n) is 19.7. The van der Waals surface area contributed by atoms with Gasteiger partial charge in [-0.25, -0.2) is 18.4 Å². The molecule has 11 heteroatoms. The molecule has 4 heterocycles. The minimum absolute atomic E-state index is 0.155. The van der Waals surface area contributed by atoms with Crippen LogP contribution in [0.15, 0.2) is 29.2 Å². The number of hydrogen-bond donors (Lipinski definition) is 2. The lowest BCUT2D eigenvalue weighted by Crippen LogP contribution is -2.75. The maximum Gasteiger partial charge on any atom is 0.320 e. The van der Waals surface area contributed by atoms with Crippen molar-refractivity contribution in [3.8, 4) is 0 Å². The van der Waals surface area contributed by atoms with Crippen LogP contribution in [0.3, 0.4) is 0 Å². The Labute approximate surface area is 204 Å². The Morgan fingerprint density at radius 1 is 0.943 bits per heavy atom. The first kappa shape index (κ1) is 21.8. The van der Waals surface area contributed by atoms with Crippen LogP contribution in [0.4, 0.5) is 4.79 Å². The quantitative estimate of drug-likeness (QED) is 0.643. The van der Waals surface area contributed by atoms with Gasteiger partial charge >= 0.3 is 6.03 Å². The molecule has 2 aliphatic carbocycles. The van der Waals surface area contributed by atoms with Crippen LogP contribution in [0.25, 0.3) is 0 Å². The van der Waals surface area contributed by atoms with Crippen LogP contribution in [0.1, 0.15) is 54.7 Å². The SMILES string of the molecule is NS(=O)(=O)c1ccccc1CN1CC2(C1)CN(C(=O)N1CC3(CC(c4nnc(C5CC5)[nH]4)C3)C1)C2. The van der Waals surface area contributed by atoms with Crippen molar-refractivity contribution in [3.63, 3.8) is 0 Å². The van der Waals surface area contributed by atoms with E-state index in [4.69, 9.17) is 5.14 Å². The molecule has 7 rings (SSSR count). The summed E-state index contributed by atoms with van der Waals surface area (Å²) in [6.07, 6.45) is 4.63. The molecule has 0 bridgehead atoms. The molecule has 5 aliphatic rings. The zero-order valence-corrected chi connectivity index (χ0v) is 20.5. The lowest BCUT2D eigenvalue weighted by Gasteiger charge is -2.63. The lowest BCUT2D eigenvalue weighted by atomic mass is 9.57. The van der Waals surface area contributed by atoms with Crippen molar-refractivity contribution in [2.24, 2.45) is 16.0 Å². The van der Waals surface area contributed by atoms with Crippen LogP contribution in [0.2, 0.25) is 0 Å². The van der Waals surface area contributed by atoms with Crippen LogP contribution in [0, 0.1) is 10.8 Å². The molecule has 3 saturated heterocycles. The predicted octanol–water partition coefficient (Wildman–Crippen LogP) is 1.45. The lowest BCUT2D eigenvalue weighted by molar-refractivity contribution is -0.117. The molecule has 0 radical (unpaired) electrons. The summed E-state index contributed by atoms with van der Waals surface area (Å²) in [5.74, 6) is 3.15. The molecule has 0 unspecified atom stereocenters. The van der Waals surface area contributed by atoms with E-state index in [9.17, 15) is 13.2 Å². The second-order valence-corrected chi connectivity index (χ2v) is 13.3.